The van der Waals surface area contributed by atoms with Crippen molar-refractivity contribution in [2.75, 3.05) is 30.4 Å². The molecule has 2 aromatic carbocycles. The Morgan fingerprint density at radius 3 is 1.32 bits per heavy atom. The van der Waals surface area contributed by atoms with Gasteiger partial charge in [0.05, 0.1) is 96.4 Å². The first-order valence-corrected chi connectivity index (χ1v) is 39.9. The van der Waals surface area contributed by atoms with Crippen LogP contribution in [0.1, 0.15) is 196 Å². The van der Waals surface area contributed by atoms with Crippen LogP contribution in [0.2, 0.25) is 0 Å². The number of hydrogen-bond donors (Lipinski definition) is 9. The molecule has 0 spiro atoms. The zero-order valence-electron chi connectivity index (χ0n) is 66.1. The molecule has 6 aromatic rings. The number of carbonyl (C=O) groups is 10. The van der Waals surface area contributed by atoms with E-state index in [9.17, 15) is 80.9 Å². The number of rotatable bonds is 34. The number of ketones is 2. The average Bonchev–Trinajstić information content (AvgIpc) is 1.58. The number of hydrogen-bond acceptors (Lipinski definition) is 21. The summed E-state index contributed by atoms with van der Waals surface area (Å²) in [7, 11) is -1.00. The van der Waals surface area contributed by atoms with Gasteiger partial charge in [-0.05, 0) is 131 Å². The van der Waals surface area contributed by atoms with Gasteiger partial charge in [-0.15, -0.1) is 23.5 Å². The van der Waals surface area contributed by atoms with Crippen molar-refractivity contribution < 1.29 is 82.2 Å². The summed E-state index contributed by atoms with van der Waals surface area (Å²) in [5.74, 6) is -3.40. The molecule has 0 saturated heterocycles. The number of aryl methyl sites for hydroxylation is 2. The van der Waals surface area contributed by atoms with Crippen molar-refractivity contribution in [3.8, 4) is 22.8 Å². The summed E-state index contributed by atoms with van der Waals surface area (Å²) in [5.41, 5.74) is 7.46. The average molecular weight is 1600 g/mol. The van der Waals surface area contributed by atoms with Crippen LogP contribution in [0.5, 0.6) is 0 Å². The van der Waals surface area contributed by atoms with E-state index >= 15 is 0 Å². The van der Waals surface area contributed by atoms with Gasteiger partial charge in [0.2, 0.25) is 35.4 Å². The second kappa shape index (κ2) is 38.9. The topological polar surface area (TPSA) is 398 Å². The quantitative estimate of drug-likeness (QED) is 0.0105. The number of esters is 2. The number of cyclic esters (lactones) is 2. The monoisotopic (exact) mass is 1590 g/mol. The summed E-state index contributed by atoms with van der Waals surface area (Å²) >= 11 is 3.09. The minimum absolute atomic E-state index is 0.00233. The predicted octanol–water partition coefficient (Wildman–Crippen LogP) is 7.81. The number of amides is 6. The molecule has 8 heterocycles. The molecule has 0 radical (unpaired) electrons. The van der Waals surface area contributed by atoms with E-state index in [0.717, 1.165) is 37.2 Å². The molecular formula is C80H102F3N11O16S2. The third kappa shape index (κ3) is 20.2. The summed E-state index contributed by atoms with van der Waals surface area (Å²) in [6.45, 7) is 18.1. The Morgan fingerprint density at radius 1 is 0.571 bits per heavy atom. The van der Waals surface area contributed by atoms with E-state index < -0.39 is 88.9 Å². The van der Waals surface area contributed by atoms with Crippen molar-refractivity contribution >= 4 is 104 Å². The Bertz CT molecular complexity index is 4500. The molecule has 0 bridgehead atoms. The lowest BCUT2D eigenvalue weighted by molar-refractivity contribution is -0.172. The van der Waals surface area contributed by atoms with Gasteiger partial charge >= 0.3 is 11.9 Å². The number of unbranched alkanes of at least 4 members (excludes halogenated alkanes) is 4. The van der Waals surface area contributed by atoms with Crippen molar-refractivity contribution in [3.63, 3.8) is 0 Å². The van der Waals surface area contributed by atoms with Gasteiger partial charge in [-0.2, -0.15) is 0 Å². The second-order valence-electron chi connectivity index (χ2n) is 29.2. The molecule has 32 heteroatoms. The number of alkyl halides is 1. The lowest BCUT2D eigenvalue weighted by Gasteiger charge is -2.31. The zero-order chi connectivity index (χ0) is 83.1. The van der Waals surface area contributed by atoms with E-state index in [4.69, 9.17) is 26.5 Å². The number of ether oxygens (including phenoxy) is 2. The van der Waals surface area contributed by atoms with E-state index in [1.807, 2.05) is 0 Å². The number of aliphatic hydroxyl groups is 2. The second-order valence-corrected chi connectivity index (χ2v) is 31.4. The Labute approximate surface area is 657 Å². The van der Waals surface area contributed by atoms with Gasteiger partial charge in [0, 0.05) is 102 Å². The predicted molar refractivity (Wildman–Crippen MR) is 418 cm³/mol. The molecule has 27 nitrogen and oxygen atoms in total. The van der Waals surface area contributed by atoms with E-state index in [2.05, 4.69) is 31.9 Å². The molecule has 112 heavy (non-hydrogen) atoms. The van der Waals surface area contributed by atoms with Crippen LogP contribution in [0.4, 0.5) is 13.2 Å². The third-order valence-corrected chi connectivity index (χ3v) is 22.6. The molecule has 0 unspecified atom stereocenters. The lowest BCUT2D eigenvalue weighted by Crippen LogP contribution is -2.46. The van der Waals surface area contributed by atoms with Crippen LogP contribution in [0.3, 0.4) is 0 Å². The third-order valence-electron chi connectivity index (χ3n) is 20.7. The van der Waals surface area contributed by atoms with Crippen molar-refractivity contribution in [2.24, 2.45) is 23.5 Å². The first kappa shape index (κ1) is 86.6. The molecule has 6 amide bonds. The van der Waals surface area contributed by atoms with Crippen LogP contribution in [-0.2, 0) is 108 Å². The van der Waals surface area contributed by atoms with Crippen LogP contribution < -0.4 is 48.8 Å². The molecule has 10 rings (SSSR count). The number of halogens is 3. The highest BCUT2D eigenvalue weighted by molar-refractivity contribution is 7.99. The van der Waals surface area contributed by atoms with Crippen LogP contribution in [0.25, 0.3) is 44.6 Å². The summed E-state index contributed by atoms with van der Waals surface area (Å²) in [6, 6.07) is 7.12. The highest BCUT2D eigenvalue weighted by atomic mass is 32.2. The van der Waals surface area contributed by atoms with Crippen LogP contribution in [0.15, 0.2) is 46.0 Å². The number of carbonyl (C=O) groups excluding carboxylic acids is 10. The van der Waals surface area contributed by atoms with Crippen LogP contribution in [-0.4, -0.2) is 137 Å². The van der Waals surface area contributed by atoms with Crippen molar-refractivity contribution in [3.05, 3.63) is 124 Å². The molecule has 10 N–H and O–H groups in total. The number of nitrogens with zero attached hydrogens (tertiary/aromatic N) is 4. The Morgan fingerprint density at radius 2 is 0.955 bits per heavy atom. The maximum absolute atomic E-state index is 14.8. The fourth-order valence-corrected chi connectivity index (χ4v) is 15.2. The zero-order valence-corrected chi connectivity index (χ0v) is 66.8. The normalized spacial score (nSPS) is 17.0. The summed E-state index contributed by atoms with van der Waals surface area (Å²) in [6.07, 6.45) is 5.15. The van der Waals surface area contributed by atoms with Crippen molar-refractivity contribution in [2.45, 2.75) is 222 Å². The smallest absolute Gasteiger partial charge is 0.343 e. The van der Waals surface area contributed by atoms with Crippen LogP contribution >= 0.6 is 23.5 Å². The van der Waals surface area contributed by atoms with E-state index in [-0.39, 0.29) is 147 Å². The van der Waals surface area contributed by atoms with Gasteiger partial charge in [0.1, 0.15) is 24.8 Å². The summed E-state index contributed by atoms with van der Waals surface area (Å²) in [4.78, 5) is 161. The number of benzene rings is 2. The Hall–Kier alpha value is -9.37. The number of Topliss-reactive ketones (excluding diaryl/α,β-unsaturated/α-hetero) is 2. The molecule has 0 saturated carbocycles. The number of nitrogens with two attached hydrogens (primary N) is 1. The highest BCUT2D eigenvalue weighted by Crippen LogP contribution is 2.43. The van der Waals surface area contributed by atoms with Gasteiger partial charge < -0.3 is 66.5 Å². The van der Waals surface area contributed by atoms with Crippen LogP contribution in [0, 0.1) is 43.2 Å². The first-order valence-electron chi connectivity index (χ1n) is 38.3. The molecule has 0 aliphatic carbocycles. The van der Waals surface area contributed by atoms with Gasteiger partial charge in [-0.1, -0.05) is 54.4 Å². The molecule has 4 aliphatic rings. The Balaban J connectivity index is 0.000000274. The summed E-state index contributed by atoms with van der Waals surface area (Å²) < 4.78 is 58.4. The molecule has 4 aromatic heterocycles. The maximum Gasteiger partial charge on any atom is 0.343 e. The molecule has 606 valence electrons. The fourth-order valence-electron chi connectivity index (χ4n) is 13.6. The minimum atomic E-state index is -1.98. The number of thioether (sulfide) groups is 2. The summed E-state index contributed by atoms with van der Waals surface area (Å²) in [5, 5.41) is 40.6. The standard InChI is InChI=1S/C40H50FN5O8S.C39H49FN6O8S.CH3F/c1-7-40(53)29-15-32-35-27(18-46(32)38(51)28(29)19-54-39(40)52)26(25-13-22(4)30(41)16-31(25)45-35)17-42-34(48)11-9-8-10-12-55-20-43-37(50)23(5)14-33(47)24(6)44-36(49)21(2)3;1-6-39(53)28-14-31-34-26(17-46(31)37(51)27(28)18-54-38(39)52)25(24-12-20(2)29(40)15-30(24)45-34)16-42-33(48)10-8-7-9-11-55-19-43-35(49)21(3)13-32(47)23(5)44-36(50)22(4)41;1-2/h13,15-16,21,23-24,53H,7-12,14,17-20H2,1-6H3,(H,42,48)(H,43,50)(H,44,49);12,14-15,21-23,53H,6-11,13,16-19,41H2,1-5H3,(H,42,48)(H,43,49)(H,44,50);1H3/t23-,24+,40+;21-,22+,23+,39+;/m11./s1/i;;1D. The van der Waals surface area contributed by atoms with E-state index in [1.54, 1.807) is 105 Å². The van der Waals surface area contributed by atoms with E-state index in [1.165, 1.54) is 40.0 Å². The van der Waals surface area contributed by atoms with Crippen molar-refractivity contribution in [1.82, 2.24) is 51.0 Å². The maximum atomic E-state index is 14.8. The molecule has 0 fully saturated rings. The van der Waals surface area contributed by atoms with Gasteiger partial charge in [-0.25, -0.2) is 28.3 Å². The molecule has 4 aliphatic heterocycles. The molecular weight excluding hydrogens is 1490 g/mol. The number of aromatic nitrogens is 4. The first-order chi connectivity index (χ1) is 53.5. The molecule has 7 atom stereocenters. The number of pyridine rings is 4. The highest BCUT2D eigenvalue weighted by Gasteiger charge is 2.47. The lowest BCUT2D eigenvalue weighted by atomic mass is 9.86. The number of fused-ring (bicyclic) bond motifs is 10. The van der Waals surface area contributed by atoms with Gasteiger partial charge in [0.25, 0.3) is 11.1 Å². The Kier molecular flexibility index (Phi) is 30.1. The minimum Gasteiger partial charge on any atom is -0.458 e. The van der Waals surface area contributed by atoms with Gasteiger partial charge in [-0.3, -0.25) is 52.3 Å². The van der Waals surface area contributed by atoms with Crippen molar-refractivity contribution in [1.29, 1.82) is 0 Å². The fraction of sp³-hybridized carbons (Fsp3) is 0.525. The van der Waals surface area contributed by atoms with Gasteiger partial charge in [0.15, 0.2) is 22.8 Å². The number of nitrogens with one attached hydrogen (secondary N) is 6. The van der Waals surface area contributed by atoms with E-state index in [0.29, 0.717) is 103 Å². The largest absolute Gasteiger partial charge is 0.458 e. The SMILES string of the molecule is CC[C@@]1(O)C(=O)OCc2c1cc1n(c2=O)Cc2c-1nc1cc(F)c(C)cc1c2CNC(=O)CCCCCSCNC(=O)[C@H](C)CC(=O)[C@H](C)NC(=O)C(C)C.CC[C@@]1(O)C(=O)OCc2c1cc1n(c2=O)Cc2c-1nc1cc(F)c(C)cc1c2CNC(=O)CCCCCSCNC(=O)[C@H](C)CC(=O)[C@H](C)NC(=O)[C@H](C)N.[2H]CF.